The molecule has 2 heteroatoms. The molecule has 0 bridgehead atoms. The minimum atomic E-state index is -1.47. The molecule has 0 saturated carbocycles. The number of hydrogen-bond acceptors (Lipinski definition) is 1. The predicted octanol–water partition coefficient (Wildman–Crippen LogP) is 0.362. The van der Waals surface area contributed by atoms with E-state index in [0.717, 1.165) is 3.27 Å². The summed E-state index contributed by atoms with van der Waals surface area (Å²) in [5.41, 5.74) is 0. The van der Waals surface area contributed by atoms with Gasteiger partial charge < -0.3 is 0 Å². The van der Waals surface area contributed by atoms with E-state index in [1.807, 2.05) is 30.3 Å². The topological polar surface area (TPSA) is 17.1 Å². The van der Waals surface area contributed by atoms with Crippen LogP contribution in [-0.2, 0) is 2.81 Å². The third-order valence-corrected chi connectivity index (χ3v) is 2.84. The molecule has 0 radical (unpaired) electrons. The van der Waals surface area contributed by atoms with Crippen molar-refractivity contribution >= 4 is 26.5 Å². The van der Waals surface area contributed by atoms with Crippen LogP contribution in [0.25, 0.3) is 0 Å². The molecule has 0 heterocycles. The second-order valence-electron chi connectivity index (χ2n) is 1.43. The monoisotopic (exact) mass is 302 g/mol. The standard InChI is InChI=1S/C6H5.Bi.O/c1-2-4-6-5-3-1;;/h1-5H;;. The fourth-order valence-corrected chi connectivity index (χ4v) is 1.63. The first-order valence-corrected chi connectivity index (χ1v) is 5.47. The second-order valence-corrected chi connectivity index (χ2v) is 4.14. The molecule has 1 aromatic carbocycles. The van der Waals surface area contributed by atoms with Crippen LogP contribution in [0.15, 0.2) is 30.3 Å². The third-order valence-electron chi connectivity index (χ3n) is 0.862. The Morgan fingerprint density at radius 2 is 1.75 bits per heavy atom. The van der Waals surface area contributed by atoms with Crippen molar-refractivity contribution in [3.05, 3.63) is 30.3 Å². The molecule has 0 spiro atoms. The number of benzene rings is 1. The summed E-state index contributed by atoms with van der Waals surface area (Å²) in [5, 5.41) is 0. The Labute approximate surface area is 59.7 Å². The molecule has 0 fully saturated rings. The van der Waals surface area contributed by atoms with E-state index in [-0.39, 0.29) is 0 Å². The van der Waals surface area contributed by atoms with Crippen LogP contribution >= 0.6 is 0 Å². The summed E-state index contributed by atoms with van der Waals surface area (Å²) in [5.74, 6) is 0. The van der Waals surface area contributed by atoms with Crippen molar-refractivity contribution in [1.82, 2.24) is 0 Å². The summed E-state index contributed by atoms with van der Waals surface area (Å²) >= 11 is -1.47. The van der Waals surface area contributed by atoms with Crippen LogP contribution in [0.1, 0.15) is 0 Å². The van der Waals surface area contributed by atoms with E-state index in [9.17, 15) is 2.81 Å². The molecular formula is C6H5BiO. The van der Waals surface area contributed by atoms with E-state index in [2.05, 4.69) is 0 Å². The van der Waals surface area contributed by atoms with Crippen molar-refractivity contribution in [1.29, 1.82) is 0 Å². The summed E-state index contributed by atoms with van der Waals surface area (Å²) in [7, 11) is 0. The Kier molecular flexibility index (Phi) is 2.29. The summed E-state index contributed by atoms with van der Waals surface area (Å²) in [4.78, 5) is 0. The molecule has 0 aliphatic heterocycles. The van der Waals surface area contributed by atoms with Gasteiger partial charge in [-0.1, -0.05) is 0 Å². The quantitative estimate of drug-likeness (QED) is 0.685. The third kappa shape index (κ3) is 1.45. The number of rotatable bonds is 1. The summed E-state index contributed by atoms with van der Waals surface area (Å²) < 4.78 is 11.3. The Bertz CT molecular complexity index is 171. The normalized spacial score (nSPS) is 8.50. The molecule has 1 aromatic rings. The van der Waals surface area contributed by atoms with Gasteiger partial charge in [0.2, 0.25) is 0 Å². The van der Waals surface area contributed by atoms with E-state index >= 15 is 0 Å². The van der Waals surface area contributed by atoms with Gasteiger partial charge in [-0.2, -0.15) is 0 Å². The predicted molar refractivity (Wildman–Crippen MR) is 32.5 cm³/mol. The van der Waals surface area contributed by atoms with Gasteiger partial charge in [-0.3, -0.25) is 0 Å². The number of hydrogen-bond donors (Lipinski definition) is 0. The van der Waals surface area contributed by atoms with Crippen molar-refractivity contribution in [3.63, 3.8) is 0 Å². The van der Waals surface area contributed by atoms with Crippen molar-refractivity contribution in [2.45, 2.75) is 0 Å². The van der Waals surface area contributed by atoms with Crippen LogP contribution < -0.4 is 3.27 Å². The maximum atomic E-state index is 10.3. The zero-order valence-electron chi connectivity index (χ0n) is 4.24. The first-order valence-electron chi connectivity index (χ1n) is 2.32. The fraction of sp³-hybridized carbons (Fsp3) is 0. The van der Waals surface area contributed by atoms with Gasteiger partial charge in [-0.05, 0) is 0 Å². The van der Waals surface area contributed by atoms with E-state index in [1.54, 1.807) is 0 Å². The van der Waals surface area contributed by atoms with Crippen molar-refractivity contribution in [2.24, 2.45) is 0 Å². The van der Waals surface area contributed by atoms with E-state index in [1.165, 1.54) is 0 Å². The molecule has 0 aromatic heterocycles. The van der Waals surface area contributed by atoms with Crippen LogP contribution in [0.3, 0.4) is 0 Å². The van der Waals surface area contributed by atoms with Crippen LogP contribution in [0.4, 0.5) is 0 Å². The molecule has 0 saturated heterocycles. The fourth-order valence-electron chi connectivity index (χ4n) is 0.489. The second kappa shape index (κ2) is 3.03. The molecule has 1 rings (SSSR count). The van der Waals surface area contributed by atoms with Crippen molar-refractivity contribution in [2.75, 3.05) is 0 Å². The Hall–Kier alpha value is -0.0969. The molecular weight excluding hydrogens is 297 g/mol. The average molecular weight is 302 g/mol. The molecule has 0 unspecified atom stereocenters. The van der Waals surface area contributed by atoms with Crippen LogP contribution in [0.5, 0.6) is 0 Å². The van der Waals surface area contributed by atoms with E-state index in [4.69, 9.17) is 0 Å². The van der Waals surface area contributed by atoms with Crippen molar-refractivity contribution in [3.8, 4) is 0 Å². The molecule has 8 heavy (non-hydrogen) atoms. The van der Waals surface area contributed by atoms with Gasteiger partial charge in [-0.15, -0.1) is 0 Å². The van der Waals surface area contributed by atoms with Crippen molar-refractivity contribution < 1.29 is 2.81 Å². The van der Waals surface area contributed by atoms with Gasteiger partial charge in [0.25, 0.3) is 0 Å². The van der Waals surface area contributed by atoms with Gasteiger partial charge in [0.1, 0.15) is 0 Å². The Morgan fingerprint density at radius 1 is 1.12 bits per heavy atom. The molecule has 0 N–H and O–H groups in total. The zero-order chi connectivity index (χ0) is 5.82. The van der Waals surface area contributed by atoms with Crippen LogP contribution in [-0.4, -0.2) is 23.2 Å². The van der Waals surface area contributed by atoms with Gasteiger partial charge in [0.05, 0.1) is 0 Å². The molecule has 1 nitrogen and oxygen atoms in total. The van der Waals surface area contributed by atoms with E-state index < -0.39 is 23.2 Å². The SMILES string of the molecule is [O]=[Bi][c]1ccccc1. The Morgan fingerprint density at radius 3 is 2.12 bits per heavy atom. The Balaban J connectivity index is 2.99. The van der Waals surface area contributed by atoms with Gasteiger partial charge in [-0.25, -0.2) is 0 Å². The van der Waals surface area contributed by atoms with Gasteiger partial charge in [0, 0.05) is 0 Å². The zero-order valence-corrected chi connectivity index (χ0v) is 7.72. The van der Waals surface area contributed by atoms with Gasteiger partial charge in [0.15, 0.2) is 0 Å². The average Bonchev–Trinajstić information content (AvgIpc) is 1.90. The summed E-state index contributed by atoms with van der Waals surface area (Å²) in [6.07, 6.45) is 0. The first kappa shape index (κ1) is 6.03. The molecule has 0 atom stereocenters. The summed E-state index contributed by atoms with van der Waals surface area (Å²) in [6.45, 7) is 0. The van der Waals surface area contributed by atoms with Crippen LogP contribution in [0.2, 0.25) is 0 Å². The first-order chi connectivity index (χ1) is 3.93. The van der Waals surface area contributed by atoms with E-state index in [0.29, 0.717) is 0 Å². The molecule has 0 amide bonds. The summed E-state index contributed by atoms with van der Waals surface area (Å²) in [6, 6.07) is 9.57. The molecule has 0 aliphatic carbocycles. The van der Waals surface area contributed by atoms with Crippen LogP contribution in [0, 0.1) is 0 Å². The molecule has 40 valence electrons. The molecule has 0 aliphatic rings. The minimum absolute atomic E-state index is 1.03. The maximum absolute atomic E-state index is 10.3. The van der Waals surface area contributed by atoms with Gasteiger partial charge >= 0.3 is 59.7 Å².